The lowest BCUT2D eigenvalue weighted by Crippen LogP contribution is -2.56. The summed E-state index contributed by atoms with van der Waals surface area (Å²) in [6.45, 7) is 0. The van der Waals surface area contributed by atoms with Gasteiger partial charge in [-0.3, -0.25) is 4.79 Å². The SMILES string of the molecule is O=C1NC2(CC(c3ccccc3Cl)C2)C(=O)N1c1cccnc1Br. The van der Waals surface area contributed by atoms with E-state index in [1.165, 1.54) is 4.90 Å². The number of imide groups is 1. The number of nitrogens with one attached hydrogen (secondary N) is 1. The van der Waals surface area contributed by atoms with Gasteiger partial charge in [-0.25, -0.2) is 14.7 Å². The van der Waals surface area contributed by atoms with Crippen molar-refractivity contribution in [1.29, 1.82) is 0 Å². The molecule has 1 aromatic heterocycles. The Hall–Kier alpha value is -1.92. The standard InChI is InChI=1S/C17H13BrClN3O2/c18-14-13(6-3-7-20-14)22-15(23)17(21-16(22)24)8-10(9-17)11-4-1-2-5-12(11)19/h1-7,10H,8-9H2,(H,21,24). The number of carbonyl (C=O) groups excluding carboxylic acids is 2. The molecule has 0 radical (unpaired) electrons. The van der Waals surface area contributed by atoms with Gasteiger partial charge in [-0.1, -0.05) is 29.8 Å². The zero-order valence-corrected chi connectivity index (χ0v) is 14.8. The number of anilines is 1. The molecule has 1 spiro atoms. The van der Waals surface area contributed by atoms with Crippen LogP contribution in [-0.2, 0) is 4.79 Å². The van der Waals surface area contributed by atoms with Crippen molar-refractivity contribution in [1.82, 2.24) is 10.3 Å². The molecule has 1 aliphatic carbocycles. The average Bonchev–Trinajstić information content (AvgIpc) is 2.79. The highest BCUT2D eigenvalue weighted by atomic mass is 79.9. The van der Waals surface area contributed by atoms with Gasteiger partial charge in [0.25, 0.3) is 5.91 Å². The first-order valence-corrected chi connectivity index (χ1v) is 8.70. The van der Waals surface area contributed by atoms with E-state index in [4.69, 9.17) is 11.6 Å². The van der Waals surface area contributed by atoms with Crippen LogP contribution in [-0.4, -0.2) is 22.5 Å². The summed E-state index contributed by atoms with van der Waals surface area (Å²) in [5.41, 5.74) is 0.641. The molecule has 122 valence electrons. The number of hydrogen-bond acceptors (Lipinski definition) is 3. The Labute approximate surface area is 152 Å². The maximum atomic E-state index is 12.9. The van der Waals surface area contributed by atoms with E-state index in [1.807, 2.05) is 24.3 Å². The predicted molar refractivity (Wildman–Crippen MR) is 94.1 cm³/mol. The van der Waals surface area contributed by atoms with Gasteiger partial charge in [0.2, 0.25) is 0 Å². The molecule has 2 heterocycles. The smallest absolute Gasteiger partial charge is 0.323 e. The van der Waals surface area contributed by atoms with Crippen LogP contribution in [0.15, 0.2) is 47.2 Å². The maximum Gasteiger partial charge on any atom is 0.329 e. The number of urea groups is 1. The molecule has 1 N–H and O–H groups in total. The number of hydrogen-bond donors (Lipinski definition) is 1. The van der Waals surface area contributed by atoms with Gasteiger partial charge in [0, 0.05) is 11.2 Å². The molecule has 1 aromatic carbocycles. The monoisotopic (exact) mass is 405 g/mol. The second-order valence-electron chi connectivity index (χ2n) is 6.09. The fourth-order valence-corrected chi connectivity index (χ4v) is 4.19. The molecular formula is C17H13BrClN3O2. The molecule has 3 amide bonds. The Morgan fingerprint density at radius 3 is 2.67 bits per heavy atom. The molecule has 0 bridgehead atoms. The van der Waals surface area contributed by atoms with Crippen molar-refractivity contribution in [3.8, 4) is 0 Å². The summed E-state index contributed by atoms with van der Waals surface area (Å²) in [6, 6.07) is 10.6. The fourth-order valence-electron chi connectivity index (χ4n) is 3.47. The fraction of sp³-hybridized carbons (Fsp3) is 0.235. The van der Waals surface area contributed by atoms with E-state index in [0.717, 1.165) is 5.56 Å². The van der Waals surface area contributed by atoms with Crippen LogP contribution in [0.4, 0.5) is 10.5 Å². The van der Waals surface area contributed by atoms with Gasteiger partial charge in [-0.15, -0.1) is 0 Å². The van der Waals surface area contributed by atoms with Crippen LogP contribution in [0.3, 0.4) is 0 Å². The lowest BCUT2D eigenvalue weighted by Gasteiger charge is -2.43. The van der Waals surface area contributed by atoms with E-state index in [-0.39, 0.29) is 11.8 Å². The zero-order valence-electron chi connectivity index (χ0n) is 12.5. The Bertz CT molecular complexity index is 851. The van der Waals surface area contributed by atoms with Crippen molar-refractivity contribution in [2.45, 2.75) is 24.3 Å². The van der Waals surface area contributed by atoms with Crippen LogP contribution in [0.1, 0.15) is 24.3 Å². The highest BCUT2D eigenvalue weighted by Crippen LogP contribution is 2.50. The second-order valence-corrected chi connectivity index (χ2v) is 7.25. The van der Waals surface area contributed by atoms with Crippen molar-refractivity contribution in [2.75, 3.05) is 4.90 Å². The zero-order chi connectivity index (χ0) is 16.9. The van der Waals surface area contributed by atoms with E-state index in [9.17, 15) is 9.59 Å². The molecule has 5 nitrogen and oxygen atoms in total. The van der Waals surface area contributed by atoms with Crippen molar-refractivity contribution in [3.63, 3.8) is 0 Å². The minimum atomic E-state index is -0.837. The molecule has 1 saturated heterocycles. The molecular weight excluding hydrogens is 394 g/mol. The summed E-state index contributed by atoms with van der Waals surface area (Å²) in [5.74, 6) is -0.0651. The highest BCUT2D eigenvalue weighted by molar-refractivity contribution is 9.10. The van der Waals surface area contributed by atoms with Gasteiger partial charge in [0.1, 0.15) is 10.1 Å². The number of halogens is 2. The van der Waals surface area contributed by atoms with Crippen molar-refractivity contribution >= 4 is 45.2 Å². The number of carbonyl (C=O) groups is 2. The summed E-state index contributed by atoms with van der Waals surface area (Å²) in [5, 5.41) is 3.55. The third-order valence-electron chi connectivity index (χ3n) is 4.68. The van der Waals surface area contributed by atoms with Crippen LogP contribution in [0.2, 0.25) is 5.02 Å². The van der Waals surface area contributed by atoms with Gasteiger partial charge in [0.05, 0.1) is 5.69 Å². The van der Waals surface area contributed by atoms with Crippen LogP contribution in [0.5, 0.6) is 0 Å². The van der Waals surface area contributed by atoms with Crippen molar-refractivity contribution in [2.24, 2.45) is 0 Å². The summed E-state index contributed by atoms with van der Waals surface area (Å²) >= 11 is 9.53. The molecule has 2 aliphatic rings. The van der Waals surface area contributed by atoms with Crippen LogP contribution in [0.25, 0.3) is 0 Å². The van der Waals surface area contributed by atoms with Crippen molar-refractivity contribution in [3.05, 3.63) is 57.8 Å². The van der Waals surface area contributed by atoms with Gasteiger partial charge in [-0.2, -0.15) is 0 Å². The molecule has 24 heavy (non-hydrogen) atoms. The first kappa shape index (κ1) is 15.6. The average molecular weight is 407 g/mol. The predicted octanol–water partition coefficient (Wildman–Crippen LogP) is 3.87. The first-order valence-electron chi connectivity index (χ1n) is 7.53. The number of aromatic nitrogens is 1. The van der Waals surface area contributed by atoms with Gasteiger partial charge >= 0.3 is 6.03 Å². The largest absolute Gasteiger partial charge is 0.329 e. The Morgan fingerprint density at radius 1 is 1.21 bits per heavy atom. The molecule has 2 fully saturated rings. The van der Waals surface area contributed by atoms with Crippen LogP contribution >= 0.6 is 27.5 Å². The quantitative estimate of drug-likeness (QED) is 0.608. The molecule has 4 rings (SSSR count). The number of rotatable bonds is 2. The molecule has 1 saturated carbocycles. The summed E-state index contributed by atoms with van der Waals surface area (Å²) < 4.78 is 0.465. The molecule has 2 aromatic rings. The second kappa shape index (κ2) is 5.57. The minimum Gasteiger partial charge on any atom is -0.323 e. The van der Waals surface area contributed by atoms with E-state index in [1.54, 1.807) is 18.3 Å². The Morgan fingerprint density at radius 2 is 1.96 bits per heavy atom. The molecule has 1 aliphatic heterocycles. The third kappa shape index (κ3) is 2.24. The van der Waals surface area contributed by atoms with E-state index in [2.05, 4.69) is 26.2 Å². The minimum absolute atomic E-state index is 0.167. The van der Waals surface area contributed by atoms with Gasteiger partial charge < -0.3 is 5.32 Å². The van der Waals surface area contributed by atoms with Crippen LogP contribution < -0.4 is 10.2 Å². The van der Waals surface area contributed by atoms with Crippen LogP contribution in [0, 0.1) is 0 Å². The summed E-state index contributed by atoms with van der Waals surface area (Å²) in [6.07, 6.45) is 2.70. The van der Waals surface area contributed by atoms with E-state index >= 15 is 0 Å². The van der Waals surface area contributed by atoms with Gasteiger partial charge in [-0.05, 0) is 58.5 Å². The Balaban J connectivity index is 1.60. The molecule has 7 heteroatoms. The molecule has 0 atom stereocenters. The Kier molecular flexibility index (Phi) is 3.62. The van der Waals surface area contributed by atoms with Gasteiger partial charge in [0.15, 0.2) is 0 Å². The topological polar surface area (TPSA) is 62.3 Å². The first-order chi connectivity index (χ1) is 11.5. The maximum absolute atomic E-state index is 12.9. The lowest BCUT2D eigenvalue weighted by molar-refractivity contribution is -0.125. The summed E-state index contributed by atoms with van der Waals surface area (Å²) in [4.78, 5) is 30.5. The van der Waals surface area contributed by atoms with E-state index < -0.39 is 11.6 Å². The number of nitrogens with zero attached hydrogens (tertiary/aromatic N) is 2. The number of amides is 3. The third-order valence-corrected chi connectivity index (χ3v) is 5.63. The number of pyridine rings is 1. The lowest BCUT2D eigenvalue weighted by atomic mass is 9.65. The summed E-state index contributed by atoms with van der Waals surface area (Å²) in [7, 11) is 0. The van der Waals surface area contributed by atoms with Crippen molar-refractivity contribution < 1.29 is 9.59 Å². The normalized spacial score (nSPS) is 25.8. The highest BCUT2D eigenvalue weighted by Gasteiger charge is 2.59. The molecule has 0 unspecified atom stereocenters. The number of benzene rings is 1. The van der Waals surface area contributed by atoms with E-state index in [0.29, 0.717) is 28.2 Å².